The van der Waals surface area contributed by atoms with E-state index in [1.807, 2.05) is 13.0 Å². The molecule has 0 amide bonds. The van der Waals surface area contributed by atoms with Crippen molar-refractivity contribution in [3.05, 3.63) is 29.7 Å². The Morgan fingerprint density at radius 1 is 1.26 bits per heavy atom. The van der Waals surface area contributed by atoms with Gasteiger partial charge in [-0.25, -0.2) is 4.98 Å². The molecular weight excluding hydrogens is 238 g/mol. The molecule has 1 fully saturated rings. The molecule has 1 aromatic carbocycles. The molecule has 0 aliphatic carbocycles. The van der Waals surface area contributed by atoms with Crippen molar-refractivity contribution in [1.29, 1.82) is 0 Å². The van der Waals surface area contributed by atoms with Crippen molar-refractivity contribution >= 4 is 11.1 Å². The van der Waals surface area contributed by atoms with E-state index < -0.39 is 0 Å². The van der Waals surface area contributed by atoms with Gasteiger partial charge in [-0.15, -0.1) is 0 Å². The van der Waals surface area contributed by atoms with Crippen LogP contribution in [0.1, 0.15) is 25.3 Å². The monoisotopic (exact) mass is 259 g/mol. The summed E-state index contributed by atoms with van der Waals surface area (Å²) >= 11 is 0. The van der Waals surface area contributed by atoms with Crippen molar-refractivity contribution in [2.24, 2.45) is 0 Å². The molecule has 1 aromatic heterocycles. The van der Waals surface area contributed by atoms with E-state index >= 15 is 0 Å². The van der Waals surface area contributed by atoms with Gasteiger partial charge in [0.25, 0.3) is 0 Å². The molecule has 0 atom stereocenters. The Labute approximate surface area is 113 Å². The molecule has 0 saturated carbocycles. The second-order valence-electron chi connectivity index (χ2n) is 5.71. The first kappa shape index (κ1) is 12.6. The normalized spacial score (nSPS) is 18.1. The van der Waals surface area contributed by atoms with E-state index in [1.165, 1.54) is 5.56 Å². The van der Waals surface area contributed by atoms with Crippen molar-refractivity contribution in [2.75, 3.05) is 26.2 Å². The zero-order chi connectivity index (χ0) is 13.5. The summed E-state index contributed by atoms with van der Waals surface area (Å²) < 4.78 is 5.55. The van der Waals surface area contributed by atoms with E-state index in [1.54, 1.807) is 0 Å². The number of hydrogen-bond donors (Lipinski definition) is 1. The highest BCUT2D eigenvalue weighted by Crippen LogP contribution is 2.30. The van der Waals surface area contributed by atoms with Crippen LogP contribution in [0, 0.1) is 6.92 Å². The second kappa shape index (κ2) is 4.62. The van der Waals surface area contributed by atoms with Crippen LogP contribution in [-0.2, 0) is 5.54 Å². The van der Waals surface area contributed by atoms with Gasteiger partial charge in [0.15, 0.2) is 11.5 Å². The minimum atomic E-state index is 0.0309. The lowest BCUT2D eigenvalue weighted by Crippen LogP contribution is -2.51. The summed E-state index contributed by atoms with van der Waals surface area (Å²) in [6, 6.07) is 6.36. The fourth-order valence-corrected chi connectivity index (χ4v) is 2.83. The summed E-state index contributed by atoms with van der Waals surface area (Å²) in [5.41, 5.74) is 3.16. The number of piperazine rings is 1. The third-order valence-corrected chi connectivity index (χ3v) is 4.11. The molecule has 4 heteroatoms. The van der Waals surface area contributed by atoms with Gasteiger partial charge in [0.1, 0.15) is 5.52 Å². The maximum atomic E-state index is 5.55. The number of rotatable bonds is 2. The molecule has 1 aliphatic rings. The minimum absolute atomic E-state index is 0.0309. The zero-order valence-electron chi connectivity index (χ0n) is 11.9. The molecule has 19 heavy (non-hydrogen) atoms. The Balaban J connectivity index is 1.96. The summed E-state index contributed by atoms with van der Waals surface area (Å²) in [5.74, 6) is 0.729. The standard InChI is InChI=1S/C15H21N3O/c1-11-17-13-10-12(4-5-14(13)19-11)15(2,3)18-8-6-16-7-9-18/h4-5,10,16H,6-9H2,1-3H3. The van der Waals surface area contributed by atoms with Gasteiger partial charge < -0.3 is 9.73 Å². The number of fused-ring (bicyclic) bond motifs is 1. The molecule has 4 nitrogen and oxygen atoms in total. The molecule has 0 radical (unpaired) electrons. The van der Waals surface area contributed by atoms with E-state index in [0.717, 1.165) is 43.2 Å². The number of aryl methyl sites for hydroxylation is 1. The molecule has 2 heterocycles. The van der Waals surface area contributed by atoms with Crippen LogP contribution < -0.4 is 5.32 Å². The number of aromatic nitrogens is 1. The van der Waals surface area contributed by atoms with Gasteiger partial charge in [0.05, 0.1) is 0 Å². The molecule has 1 N–H and O–H groups in total. The zero-order valence-corrected chi connectivity index (χ0v) is 11.9. The van der Waals surface area contributed by atoms with Crippen LogP contribution in [0.2, 0.25) is 0 Å². The van der Waals surface area contributed by atoms with Gasteiger partial charge in [0, 0.05) is 38.6 Å². The van der Waals surface area contributed by atoms with Gasteiger partial charge in [-0.3, -0.25) is 4.90 Å². The van der Waals surface area contributed by atoms with Crippen LogP contribution in [0.5, 0.6) is 0 Å². The van der Waals surface area contributed by atoms with Crippen LogP contribution in [-0.4, -0.2) is 36.1 Å². The maximum absolute atomic E-state index is 5.55. The summed E-state index contributed by atoms with van der Waals surface area (Å²) in [6.45, 7) is 10.8. The number of benzene rings is 1. The van der Waals surface area contributed by atoms with Crippen molar-refractivity contribution in [3.63, 3.8) is 0 Å². The van der Waals surface area contributed by atoms with Crippen LogP contribution >= 0.6 is 0 Å². The third-order valence-electron chi connectivity index (χ3n) is 4.11. The molecular formula is C15H21N3O. The predicted molar refractivity (Wildman–Crippen MR) is 76.2 cm³/mol. The lowest BCUT2D eigenvalue weighted by molar-refractivity contribution is 0.103. The average Bonchev–Trinajstić information content (AvgIpc) is 2.78. The quantitative estimate of drug-likeness (QED) is 0.898. The van der Waals surface area contributed by atoms with Crippen LogP contribution in [0.25, 0.3) is 11.1 Å². The number of hydrogen-bond acceptors (Lipinski definition) is 4. The highest BCUT2D eigenvalue weighted by atomic mass is 16.3. The Morgan fingerprint density at radius 3 is 2.74 bits per heavy atom. The van der Waals surface area contributed by atoms with E-state index in [-0.39, 0.29) is 5.54 Å². The fourth-order valence-electron chi connectivity index (χ4n) is 2.83. The molecule has 3 rings (SSSR count). The van der Waals surface area contributed by atoms with Crippen molar-refractivity contribution < 1.29 is 4.42 Å². The Kier molecular flexibility index (Phi) is 3.07. The molecule has 102 valence electrons. The first-order chi connectivity index (χ1) is 9.07. The highest BCUT2D eigenvalue weighted by molar-refractivity contribution is 5.73. The largest absolute Gasteiger partial charge is 0.441 e. The minimum Gasteiger partial charge on any atom is -0.441 e. The van der Waals surface area contributed by atoms with Crippen LogP contribution in [0.3, 0.4) is 0 Å². The SMILES string of the molecule is Cc1nc2cc(C(C)(C)N3CCNCC3)ccc2o1. The summed E-state index contributed by atoms with van der Waals surface area (Å²) in [4.78, 5) is 6.96. The van der Waals surface area contributed by atoms with Crippen LogP contribution in [0.15, 0.2) is 22.6 Å². The Morgan fingerprint density at radius 2 is 2.00 bits per heavy atom. The third kappa shape index (κ3) is 2.26. The lowest BCUT2D eigenvalue weighted by atomic mass is 9.91. The average molecular weight is 259 g/mol. The smallest absolute Gasteiger partial charge is 0.192 e. The topological polar surface area (TPSA) is 41.3 Å². The molecule has 1 aliphatic heterocycles. The van der Waals surface area contributed by atoms with Gasteiger partial charge in [-0.1, -0.05) is 6.07 Å². The van der Waals surface area contributed by atoms with E-state index in [4.69, 9.17) is 4.42 Å². The van der Waals surface area contributed by atoms with Gasteiger partial charge in [-0.2, -0.15) is 0 Å². The fraction of sp³-hybridized carbons (Fsp3) is 0.533. The Hall–Kier alpha value is -1.39. The highest BCUT2D eigenvalue weighted by Gasteiger charge is 2.29. The molecule has 2 aromatic rings. The number of nitrogens with one attached hydrogen (secondary N) is 1. The maximum Gasteiger partial charge on any atom is 0.192 e. The second-order valence-corrected chi connectivity index (χ2v) is 5.71. The van der Waals surface area contributed by atoms with E-state index in [9.17, 15) is 0 Å². The molecule has 1 saturated heterocycles. The Bertz CT molecular complexity index is 582. The number of nitrogens with zero attached hydrogens (tertiary/aromatic N) is 2. The molecule has 0 unspecified atom stereocenters. The van der Waals surface area contributed by atoms with E-state index in [2.05, 4.69) is 41.2 Å². The molecule has 0 spiro atoms. The van der Waals surface area contributed by atoms with Gasteiger partial charge in [-0.05, 0) is 31.5 Å². The van der Waals surface area contributed by atoms with Gasteiger partial charge in [0.2, 0.25) is 0 Å². The van der Waals surface area contributed by atoms with Crippen molar-refractivity contribution in [1.82, 2.24) is 15.2 Å². The number of oxazole rings is 1. The first-order valence-corrected chi connectivity index (χ1v) is 6.91. The van der Waals surface area contributed by atoms with Crippen molar-refractivity contribution in [2.45, 2.75) is 26.3 Å². The van der Waals surface area contributed by atoms with E-state index in [0.29, 0.717) is 0 Å². The molecule has 0 bridgehead atoms. The van der Waals surface area contributed by atoms with Gasteiger partial charge >= 0.3 is 0 Å². The predicted octanol–water partition coefficient (Wildman–Crippen LogP) is 2.28. The summed E-state index contributed by atoms with van der Waals surface area (Å²) in [7, 11) is 0. The van der Waals surface area contributed by atoms with Crippen LogP contribution in [0.4, 0.5) is 0 Å². The van der Waals surface area contributed by atoms with Crippen molar-refractivity contribution in [3.8, 4) is 0 Å². The first-order valence-electron chi connectivity index (χ1n) is 6.91. The summed E-state index contributed by atoms with van der Waals surface area (Å²) in [6.07, 6.45) is 0. The summed E-state index contributed by atoms with van der Waals surface area (Å²) in [5, 5.41) is 3.40. The lowest BCUT2D eigenvalue weighted by Gasteiger charge is -2.41.